The highest BCUT2D eigenvalue weighted by molar-refractivity contribution is 5.91. The molecule has 3 aromatic rings. The number of hydrogen-bond donors (Lipinski definition) is 1. The van der Waals surface area contributed by atoms with Crippen LogP contribution in [0.4, 0.5) is 4.39 Å². The van der Waals surface area contributed by atoms with Gasteiger partial charge in [0.2, 0.25) is 5.91 Å². The summed E-state index contributed by atoms with van der Waals surface area (Å²) in [6, 6.07) is 11.4. The maximum Gasteiger partial charge on any atom is 0.244 e. The molecule has 120 valence electrons. The van der Waals surface area contributed by atoms with Gasteiger partial charge in [-0.15, -0.1) is 0 Å². The van der Waals surface area contributed by atoms with Crippen molar-refractivity contribution in [1.82, 2.24) is 20.1 Å². The molecule has 0 bridgehead atoms. The Bertz CT molecular complexity index is 842. The Labute approximate surface area is 138 Å². The van der Waals surface area contributed by atoms with Crippen LogP contribution in [-0.4, -0.2) is 20.7 Å². The molecule has 1 N–H and O–H groups in total. The quantitative estimate of drug-likeness (QED) is 0.735. The molecule has 0 saturated heterocycles. The number of hydrogen-bond acceptors (Lipinski definition) is 3. The Balaban J connectivity index is 1.64. The Hall–Kier alpha value is -3.28. The first-order valence-electron chi connectivity index (χ1n) is 7.38. The molecule has 1 amide bonds. The van der Waals surface area contributed by atoms with Crippen molar-refractivity contribution in [3.05, 3.63) is 84.1 Å². The Morgan fingerprint density at radius 1 is 1.17 bits per heavy atom. The van der Waals surface area contributed by atoms with Gasteiger partial charge in [0.05, 0.1) is 0 Å². The van der Waals surface area contributed by atoms with Crippen LogP contribution in [0.5, 0.6) is 0 Å². The van der Waals surface area contributed by atoms with Crippen LogP contribution in [-0.2, 0) is 11.3 Å². The van der Waals surface area contributed by atoms with Crippen molar-refractivity contribution in [2.24, 2.45) is 0 Å². The van der Waals surface area contributed by atoms with Crippen molar-refractivity contribution in [1.29, 1.82) is 0 Å². The monoisotopic (exact) mass is 322 g/mol. The van der Waals surface area contributed by atoms with Crippen LogP contribution in [0.1, 0.15) is 11.1 Å². The van der Waals surface area contributed by atoms with Crippen LogP contribution >= 0.6 is 0 Å². The fourth-order valence-electron chi connectivity index (χ4n) is 2.16. The molecule has 0 saturated carbocycles. The number of carbonyl (C=O) groups excluding carboxylic acids is 1. The fraction of sp³-hybridized carbons (Fsp3) is 0.0556. The molecule has 0 fully saturated rings. The number of pyridine rings is 1. The second-order valence-corrected chi connectivity index (χ2v) is 5.04. The minimum Gasteiger partial charge on any atom is -0.348 e. The SMILES string of the molecule is O=C(/C=C/c1ccc(F)cc1)NCc1cccnc1-n1cccn1. The molecule has 0 unspecified atom stereocenters. The van der Waals surface area contributed by atoms with E-state index in [1.807, 2.05) is 18.2 Å². The third-order valence-electron chi connectivity index (χ3n) is 3.34. The van der Waals surface area contributed by atoms with Crippen molar-refractivity contribution in [2.45, 2.75) is 6.54 Å². The van der Waals surface area contributed by atoms with E-state index in [1.165, 1.54) is 18.2 Å². The first kappa shape index (κ1) is 15.6. The standard InChI is InChI=1S/C18H15FN4O/c19-16-7-4-14(5-8-16)6-9-17(24)21-13-15-3-1-10-20-18(15)23-12-2-11-22-23/h1-12H,13H2,(H,21,24)/b9-6+. The van der Waals surface area contributed by atoms with Crippen LogP contribution in [0.15, 0.2) is 67.1 Å². The zero-order valence-electron chi connectivity index (χ0n) is 12.8. The lowest BCUT2D eigenvalue weighted by Gasteiger charge is -2.08. The highest BCUT2D eigenvalue weighted by atomic mass is 19.1. The molecule has 2 aromatic heterocycles. The zero-order chi connectivity index (χ0) is 16.8. The molecule has 0 radical (unpaired) electrons. The van der Waals surface area contributed by atoms with E-state index >= 15 is 0 Å². The Morgan fingerprint density at radius 2 is 2.00 bits per heavy atom. The summed E-state index contributed by atoms with van der Waals surface area (Å²) in [6.07, 6.45) is 8.19. The second-order valence-electron chi connectivity index (χ2n) is 5.04. The molecule has 5 nitrogen and oxygen atoms in total. The molecule has 0 atom stereocenters. The summed E-state index contributed by atoms with van der Waals surface area (Å²) in [5.41, 5.74) is 1.61. The molecule has 0 spiro atoms. The summed E-state index contributed by atoms with van der Waals surface area (Å²) in [5.74, 6) is 0.124. The van der Waals surface area contributed by atoms with E-state index in [0.29, 0.717) is 12.4 Å². The number of carbonyl (C=O) groups is 1. The minimum atomic E-state index is -0.306. The minimum absolute atomic E-state index is 0.241. The average Bonchev–Trinajstić information content (AvgIpc) is 3.14. The van der Waals surface area contributed by atoms with Crippen molar-refractivity contribution >= 4 is 12.0 Å². The van der Waals surface area contributed by atoms with Gasteiger partial charge in [-0.3, -0.25) is 4.79 Å². The number of benzene rings is 1. The molecule has 0 aliphatic rings. The van der Waals surface area contributed by atoms with Gasteiger partial charge in [0.25, 0.3) is 0 Å². The largest absolute Gasteiger partial charge is 0.348 e. The van der Waals surface area contributed by atoms with Crippen LogP contribution in [0.3, 0.4) is 0 Å². The fourth-order valence-corrected chi connectivity index (χ4v) is 2.16. The van der Waals surface area contributed by atoms with Crippen molar-refractivity contribution < 1.29 is 9.18 Å². The maximum atomic E-state index is 12.8. The van der Waals surface area contributed by atoms with Gasteiger partial charge in [-0.25, -0.2) is 14.1 Å². The normalized spacial score (nSPS) is 10.9. The lowest BCUT2D eigenvalue weighted by Crippen LogP contribution is -2.21. The van der Waals surface area contributed by atoms with Gasteiger partial charge in [-0.1, -0.05) is 18.2 Å². The van der Waals surface area contributed by atoms with Crippen LogP contribution in [0.25, 0.3) is 11.9 Å². The Kier molecular flexibility index (Phi) is 4.76. The van der Waals surface area contributed by atoms with E-state index in [9.17, 15) is 9.18 Å². The first-order chi connectivity index (χ1) is 11.7. The van der Waals surface area contributed by atoms with E-state index < -0.39 is 0 Å². The number of amides is 1. The molecule has 0 aliphatic heterocycles. The van der Waals surface area contributed by atoms with Gasteiger partial charge in [-0.05, 0) is 35.9 Å². The third kappa shape index (κ3) is 3.92. The topological polar surface area (TPSA) is 59.8 Å². The zero-order valence-corrected chi connectivity index (χ0v) is 12.8. The van der Waals surface area contributed by atoms with Gasteiger partial charge in [0, 0.05) is 36.8 Å². The summed E-state index contributed by atoms with van der Waals surface area (Å²) in [4.78, 5) is 16.2. The van der Waals surface area contributed by atoms with Crippen molar-refractivity contribution in [2.75, 3.05) is 0 Å². The third-order valence-corrected chi connectivity index (χ3v) is 3.34. The van der Waals surface area contributed by atoms with Crippen molar-refractivity contribution in [3.63, 3.8) is 0 Å². The highest BCUT2D eigenvalue weighted by Gasteiger charge is 2.06. The summed E-state index contributed by atoms with van der Waals surface area (Å²) in [5, 5.41) is 6.96. The maximum absolute atomic E-state index is 12.8. The number of halogens is 1. The predicted octanol–water partition coefficient (Wildman–Crippen LogP) is 2.74. The van der Waals surface area contributed by atoms with Gasteiger partial charge in [-0.2, -0.15) is 5.10 Å². The van der Waals surface area contributed by atoms with Crippen molar-refractivity contribution in [3.8, 4) is 5.82 Å². The van der Waals surface area contributed by atoms with E-state index in [2.05, 4.69) is 15.4 Å². The lowest BCUT2D eigenvalue weighted by atomic mass is 10.2. The Morgan fingerprint density at radius 3 is 2.75 bits per heavy atom. The molecule has 0 aliphatic carbocycles. The lowest BCUT2D eigenvalue weighted by molar-refractivity contribution is -0.116. The van der Waals surface area contributed by atoms with Gasteiger partial charge < -0.3 is 5.32 Å². The van der Waals surface area contributed by atoms with Gasteiger partial charge in [0.1, 0.15) is 5.82 Å². The molecule has 3 rings (SSSR count). The summed E-state index contributed by atoms with van der Waals surface area (Å²) in [7, 11) is 0. The van der Waals surface area contributed by atoms with E-state index in [4.69, 9.17) is 0 Å². The number of rotatable bonds is 5. The summed E-state index contributed by atoms with van der Waals surface area (Å²) in [6.45, 7) is 0.329. The van der Waals surface area contributed by atoms with E-state index in [1.54, 1.807) is 41.5 Å². The molecule has 1 aromatic carbocycles. The molecule has 2 heterocycles. The highest BCUT2D eigenvalue weighted by Crippen LogP contribution is 2.10. The second kappa shape index (κ2) is 7.32. The number of nitrogens with one attached hydrogen (secondary N) is 1. The molecular weight excluding hydrogens is 307 g/mol. The molecule has 24 heavy (non-hydrogen) atoms. The van der Waals surface area contributed by atoms with Crippen LogP contribution in [0.2, 0.25) is 0 Å². The number of nitrogens with zero attached hydrogens (tertiary/aromatic N) is 3. The van der Waals surface area contributed by atoms with Gasteiger partial charge in [0.15, 0.2) is 5.82 Å². The first-order valence-corrected chi connectivity index (χ1v) is 7.38. The van der Waals surface area contributed by atoms with Gasteiger partial charge >= 0.3 is 0 Å². The summed E-state index contributed by atoms with van der Waals surface area (Å²) >= 11 is 0. The number of aromatic nitrogens is 3. The smallest absolute Gasteiger partial charge is 0.244 e. The molecular formula is C18H15FN4O. The van der Waals surface area contributed by atoms with Crippen LogP contribution < -0.4 is 5.32 Å². The van der Waals surface area contributed by atoms with E-state index in [0.717, 1.165) is 11.1 Å². The van der Waals surface area contributed by atoms with E-state index in [-0.39, 0.29) is 11.7 Å². The van der Waals surface area contributed by atoms with Crippen LogP contribution in [0, 0.1) is 5.82 Å². The summed E-state index contributed by atoms with van der Waals surface area (Å²) < 4.78 is 14.5. The molecule has 6 heteroatoms. The predicted molar refractivity (Wildman–Crippen MR) is 88.6 cm³/mol. The average molecular weight is 322 g/mol.